The van der Waals surface area contributed by atoms with Gasteiger partial charge in [0.25, 0.3) is 0 Å². The fourth-order valence-corrected chi connectivity index (χ4v) is 2.60. The van der Waals surface area contributed by atoms with Crippen molar-refractivity contribution in [3.8, 4) is 0 Å². The van der Waals surface area contributed by atoms with Gasteiger partial charge >= 0.3 is 0 Å². The van der Waals surface area contributed by atoms with Crippen molar-refractivity contribution in [1.29, 1.82) is 0 Å². The molecule has 0 bridgehead atoms. The van der Waals surface area contributed by atoms with Crippen molar-refractivity contribution in [3.63, 3.8) is 0 Å². The van der Waals surface area contributed by atoms with Gasteiger partial charge in [-0.1, -0.05) is 20.8 Å². The van der Waals surface area contributed by atoms with E-state index >= 15 is 0 Å². The van der Waals surface area contributed by atoms with Gasteiger partial charge in [0.1, 0.15) is 18.0 Å². The smallest absolute Gasteiger partial charge is 0.134 e. The fourth-order valence-electron chi connectivity index (χ4n) is 2.60. The fraction of sp³-hybridized carbons (Fsp3) is 0.733. The van der Waals surface area contributed by atoms with E-state index in [4.69, 9.17) is 0 Å². The first-order valence-electron chi connectivity index (χ1n) is 7.44. The molecular weight excluding hydrogens is 236 g/mol. The van der Waals surface area contributed by atoms with E-state index < -0.39 is 0 Å². The second-order valence-corrected chi connectivity index (χ2v) is 5.80. The van der Waals surface area contributed by atoms with Gasteiger partial charge in [-0.05, 0) is 37.5 Å². The minimum Gasteiger partial charge on any atom is -0.370 e. The Bertz CT molecular complexity index is 424. The number of hydrogen-bond acceptors (Lipinski definition) is 4. The Morgan fingerprint density at radius 3 is 2.26 bits per heavy atom. The van der Waals surface area contributed by atoms with Crippen LogP contribution in [0.3, 0.4) is 0 Å². The highest BCUT2D eigenvalue weighted by Gasteiger charge is 2.45. The summed E-state index contributed by atoms with van der Waals surface area (Å²) in [6, 6.07) is 0. The third-order valence-electron chi connectivity index (χ3n) is 4.37. The van der Waals surface area contributed by atoms with E-state index in [-0.39, 0.29) is 0 Å². The molecule has 1 aromatic rings. The SMILES string of the molecule is CCNc1ncnc(NCC2(C(C)C)CC2)c1CC. The normalized spacial score (nSPS) is 16.5. The summed E-state index contributed by atoms with van der Waals surface area (Å²) in [6.07, 6.45) is 5.27. The summed E-state index contributed by atoms with van der Waals surface area (Å²) in [5.74, 6) is 2.71. The molecule has 106 valence electrons. The molecule has 0 amide bonds. The van der Waals surface area contributed by atoms with Gasteiger partial charge in [0.2, 0.25) is 0 Å². The van der Waals surface area contributed by atoms with Crippen LogP contribution in [-0.4, -0.2) is 23.1 Å². The molecule has 0 radical (unpaired) electrons. The Balaban J connectivity index is 2.09. The highest BCUT2D eigenvalue weighted by molar-refractivity contribution is 5.57. The van der Waals surface area contributed by atoms with Crippen LogP contribution in [0.2, 0.25) is 0 Å². The van der Waals surface area contributed by atoms with Crippen LogP contribution in [0.25, 0.3) is 0 Å². The van der Waals surface area contributed by atoms with Crippen LogP contribution in [0.15, 0.2) is 6.33 Å². The zero-order valence-electron chi connectivity index (χ0n) is 12.6. The number of nitrogens with one attached hydrogen (secondary N) is 2. The molecule has 2 N–H and O–H groups in total. The zero-order chi connectivity index (χ0) is 13.9. The van der Waals surface area contributed by atoms with Crippen LogP contribution in [0.5, 0.6) is 0 Å². The lowest BCUT2D eigenvalue weighted by molar-refractivity contribution is 0.379. The van der Waals surface area contributed by atoms with E-state index in [2.05, 4.69) is 48.3 Å². The van der Waals surface area contributed by atoms with Gasteiger partial charge < -0.3 is 10.6 Å². The molecule has 1 heterocycles. The topological polar surface area (TPSA) is 49.8 Å². The second-order valence-electron chi connectivity index (χ2n) is 5.80. The number of anilines is 2. The molecule has 4 heteroatoms. The first-order valence-corrected chi connectivity index (χ1v) is 7.44. The van der Waals surface area contributed by atoms with E-state index in [0.29, 0.717) is 5.41 Å². The molecule has 1 aromatic heterocycles. The highest BCUT2D eigenvalue weighted by Crippen LogP contribution is 2.51. The van der Waals surface area contributed by atoms with Crippen LogP contribution in [0, 0.1) is 11.3 Å². The summed E-state index contributed by atoms with van der Waals surface area (Å²) in [4.78, 5) is 8.75. The van der Waals surface area contributed by atoms with Crippen LogP contribution >= 0.6 is 0 Å². The zero-order valence-corrected chi connectivity index (χ0v) is 12.6. The van der Waals surface area contributed by atoms with Crippen molar-refractivity contribution in [2.75, 3.05) is 23.7 Å². The second kappa shape index (κ2) is 5.76. The predicted octanol–water partition coefficient (Wildman–Crippen LogP) is 3.32. The lowest BCUT2D eigenvalue weighted by atomic mass is 9.92. The Morgan fingerprint density at radius 2 is 1.79 bits per heavy atom. The lowest BCUT2D eigenvalue weighted by Gasteiger charge is -2.21. The largest absolute Gasteiger partial charge is 0.370 e. The maximum atomic E-state index is 4.42. The van der Waals surface area contributed by atoms with Gasteiger partial charge in [-0.3, -0.25) is 0 Å². The molecule has 0 aliphatic heterocycles. The van der Waals surface area contributed by atoms with E-state index in [9.17, 15) is 0 Å². The summed E-state index contributed by atoms with van der Waals surface area (Å²) in [7, 11) is 0. The highest BCUT2D eigenvalue weighted by atomic mass is 15.1. The molecular formula is C15H26N4. The van der Waals surface area contributed by atoms with Gasteiger partial charge in [0.15, 0.2) is 0 Å². The van der Waals surface area contributed by atoms with E-state index in [0.717, 1.165) is 37.1 Å². The molecule has 19 heavy (non-hydrogen) atoms. The van der Waals surface area contributed by atoms with Gasteiger partial charge in [-0.15, -0.1) is 0 Å². The molecule has 1 aliphatic carbocycles. The van der Waals surface area contributed by atoms with Crippen LogP contribution in [0.4, 0.5) is 11.6 Å². The van der Waals surface area contributed by atoms with E-state index in [1.807, 2.05) is 0 Å². The van der Waals surface area contributed by atoms with Gasteiger partial charge in [-0.25, -0.2) is 9.97 Å². The molecule has 0 unspecified atom stereocenters. The third-order valence-corrected chi connectivity index (χ3v) is 4.37. The van der Waals surface area contributed by atoms with E-state index in [1.54, 1.807) is 6.33 Å². The van der Waals surface area contributed by atoms with Gasteiger partial charge in [-0.2, -0.15) is 0 Å². The molecule has 1 aliphatic rings. The minimum atomic E-state index is 0.494. The summed E-state index contributed by atoms with van der Waals surface area (Å²) in [5.41, 5.74) is 1.69. The Kier molecular flexibility index (Phi) is 4.27. The summed E-state index contributed by atoms with van der Waals surface area (Å²) < 4.78 is 0. The number of nitrogens with zero attached hydrogens (tertiary/aromatic N) is 2. The minimum absolute atomic E-state index is 0.494. The predicted molar refractivity (Wildman–Crippen MR) is 80.6 cm³/mol. The van der Waals surface area contributed by atoms with E-state index in [1.165, 1.54) is 18.4 Å². The van der Waals surface area contributed by atoms with Crippen LogP contribution < -0.4 is 10.6 Å². The molecule has 1 fully saturated rings. The Labute approximate surface area is 116 Å². The lowest BCUT2D eigenvalue weighted by Crippen LogP contribution is -2.22. The van der Waals surface area contributed by atoms with Gasteiger partial charge in [0.05, 0.1) is 0 Å². The molecule has 0 aromatic carbocycles. The van der Waals surface area contributed by atoms with Crippen molar-refractivity contribution < 1.29 is 0 Å². The van der Waals surface area contributed by atoms with Crippen LogP contribution in [-0.2, 0) is 6.42 Å². The molecule has 1 saturated carbocycles. The number of rotatable bonds is 7. The summed E-state index contributed by atoms with van der Waals surface area (Å²) >= 11 is 0. The van der Waals surface area contributed by atoms with Gasteiger partial charge in [0, 0.05) is 18.7 Å². The first-order chi connectivity index (χ1) is 9.13. The van der Waals surface area contributed by atoms with Crippen molar-refractivity contribution >= 4 is 11.6 Å². The number of aromatic nitrogens is 2. The monoisotopic (exact) mass is 262 g/mol. The quantitative estimate of drug-likeness (QED) is 0.791. The summed E-state index contributed by atoms with van der Waals surface area (Å²) in [6.45, 7) is 10.8. The van der Waals surface area contributed by atoms with Crippen molar-refractivity contribution in [1.82, 2.24) is 9.97 Å². The Hall–Kier alpha value is -1.32. The average molecular weight is 262 g/mol. The van der Waals surface area contributed by atoms with Crippen LogP contribution in [0.1, 0.15) is 46.1 Å². The summed E-state index contributed by atoms with van der Waals surface area (Å²) in [5, 5.41) is 6.87. The van der Waals surface area contributed by atoms with Crippen molar-refractivity contribution in [3.05, 3.63) is 11.9 Å². The maximum Gasteiger partial charge on any atom is 0.134 e. The van der Waals surface area contributed by atoms with Crippen molar-refractivity contribution in [2.45, 2.75) is 47.0 Å². The molecule has 0 saturated heterocycles. The maximum absolute atomic E-state index is 4.42. The molecule has 0 spiro atoms. The standard InChI is InChI=1S/C15H26N4/c1-5-12-13(16-6-2)18-10-19-14(12)17-9-15(7-8-15)11(3)4/h10-11H,5-9H2,1-4H3,(H2,16,17,18,19). The molecule has 0 atom stereocenters. The first kappa shape index (κ1) is 14.1. The van der Waals surface area contributed by atoms with Crippen molar-refractivity contribution in [2.24, 2.45) is 11.3 Å². The average Bonchev–Trinajstić information content (AvgIpc) is 3.18. The number of hydrogen-bond donors (Lipinski definition) is 2. The molecule has 2 rings (SSSR count). The molecule has 4 nitrogen and oxygen atoms in total. The third kappa shape index (κ3) is 2.99. The Morgan fingerprint density at radius 1 is 1.16 bits per heavy atom.